The van der Waals surface area contributed by atoms with Gasteiger partial charge in [-0.2, -0.15) is 0 Å². The average molecular weight is 237 g/mol. The number of benzene rings is 1. The molecule has 0 fully saturated rings. The van der Waals surface area contributed by atoms with Crippen LogP contribution in [-0.2, 0) is 9.53 Å². The molecule has 1 aromatic carbocycles. The Hall–Kier alpha value is -1.55. The van der Waals surface area contributed by atoms with E-state index in [2.05, 4.69) is 5.32 Å². The van der Waals surface area contributed by atoms with Crippen LogP contribution in [0.3, 0.4) is 0 Å². The minimum Gasteiger partial charge on any atom is -0.508 e. The maximum atomic E-state index is 11.6. The highest BCUT2D eigenvalue weighted by atomic mass is 16.5. The van der Waals surface area contributed by atoms with Crippen LogP contribution in [-0.4, -0.2) is 24.2 Å². The third-order valence-electron chi connectivity index (χ3n) is 2.67. The molecule has 4 heteroatoms. The summed E-state index contributed by atoms with van der Waals surface area (Å²) in [5.74, 6) is 0.116. The molecule has 17 heavy (non-hydrogen) atoms. The molecule has 0 heterocycles. The van der Waals surface area contributed by atoms with Gasteiger partial charge in [0.2, 0.25) is 5.91 Å². The van der Waals surface area contributed by atoms with E-state index >= 15 is 0 Å². The van der Waals surface area contributed by atoms with Crippen molar-refractivity contribution in [3.05, 3.63) is 23.8 Å². The van der Waals surface area contributed by atoms with Crippen molar-refractivity contribution < 1.29 is 14.6 Å². The zero-order valence-electron chi connectivity index (χ0n) is 10.5. The predicted molar refractivity (Wildman–Crippen MR) is 67.2 cm³/mol. The van der Waals surface area contributed by atoms with E-state index in [4.69, 9.17) is 4.74 Å². The molecule has 1 amide bonds. The molecule has 0 aliphatic heterocycles. The molecule has 0 saturated carbocycles. The first-order chi connectivity index (χ1) is 8.02. The SMILES string of the molecule is COC(C)CCC(=O)Nc1ccc(C)c(O)c1. The minimum absolute atomic E-state index is 0.0721. The second-order valence-electron chi connectivity index (χ2n) is 4.13. The number of amides is 1. The predicted octanol–water partition coefficient (Wildman–Crippen LogP) is 2.45. The number of carbonyl (C=O) groups is 1. The van der Waals surface area contributed by atoms with Crippen molar-refractivity contribution in [1.29, 1.82) is 0 Å². The van der Waals surface area contributed by atoms with Gasteiger partial charge < -0.3 is 15.2 Å². The third kappa shape index (κ3) is 4.44. The van der Waals surface area contributed by atoms with E-state index in [1.54, 1.807) is 32.2 Å². The lowest BCUT2D eigenvalue weighted by Crippen LogP contribution is -2.15. The molecule has 2 N–H and O–H groups in total. The second-order valence-corrected chi connectivity index (χ2v) is 4.13. The van der Waals surface area contributed by atoms with Crippen molar-refractivity contribution in [2.75, 3.05) is 12.4 Å². The number of hydrogen-bond donors (Lipinski definition) is 2. The third-order valence-corrected chi connectivity index (χ3v) is 2.67. The Bertz CT molecular complexity index is 390. The zero-order chi connectivity index (χ0) is 12.8. The summed E-state index contributed by atoms with van der Waals surface area (Å²) in [6, 6.07) is 5.09. The number of hydrogen-bond acceptors (Lipinski definition) is 3. The summed E-state index contributed by atoms with van der Waals surface area (Å²) in [7, 11) is 1.63. The van der Waals surface area contributed by atoms with Crippen molar-refractivity contribution in [3.63, 3.8) is 0 Å². The van der Waals surface area contributed by atoms with E-state index in [1.807, 2.05) is 6.92 Å². The van der Waals surface area contributed by atoms with Gasteiger partial charge in [0.25, 0.3) is 0 Å². The molecule has 1 unspecified atom stereocenters. The number of phenolic OH excluding ortho intramolecular Hbond substituents is 1. The van der Waals surface area contributed by atoms with Crippen molar-refractivity contribution in [3.8, 4) is 5.75 Å². The van der Waals surface area contributed by atoms with E-state index in [1.165, 1.54) is 0 Å². The number of methoxy groups -OCH3 is 1. The van der Waals surface area contributed by atoms with E-state index in [9.17, 15) is 9.90 Å². The Kier molecular flexibility index (Phi) is 4.97. The molecule has 1 atom stereocenters. The number of nitrogens with one attached hydrogen (secondary N) is 1. The average Bonchev–Trinajstić information content (AvgIpc) is 2.31. The topological polar surface area (TPSA) is 58.6 Å². The van der Waals surface area contributed by atoms with Gasteiger partial charge in [-0.15, -0.1) is 0 Å². The van der Waals surface area contributed by atoms with Crippen LogP contribution in [0.2, 0.25) is 0 Å². The molecule has 0 saturated heterocycles. The van der Waals surface area contributed by atoms with Gasteiger partial charge in [0.1, 0.15) is 5.75 Å². The Morgan fingerprint density at radius 3 is 2.82 bits per heavy atom. The fraction of sp³-hybridized carbons (Fsp3) is 0.462. The largest absolute Gasteiger partial charge is 0.508 e. The van der Waals surface area contributed by atoms with Crippen LogP contribution in [0.15, 0.2) is 18.2 Å². The van der Waals surface area contributed by atoms with Crippen molar-refractivity contribution in [1.82, 2.24) is 0 Å². The molecule has 0 aromatic heterocycles. The summed E-state index contributed by atoms with van der Waals surface area (Å²) in [6.45, 7) is 3.73. The monoisotopic (exact) mass is 237 g/mol. The van der Waals surface area contributed by atoms with Gasteiger partial charge >= 0.3 is 0 Å². The van der Waals surface area contributed by atoms with Crippen LogP contribution in [0.5, 0.6) is 5.75 Å². The fourth-order valence-electron chi connectivity index (χ4n) is 1.36. The van der Waals surface area contributed by atoms with Crippen molar-refractivity contribution in [2.45, 2.75) is 32.8 Å². The van der Waals surface area contributed by atoms with Crippen LogP contribution in [0, 0.1) is 6.92 Å². The first kappa shape index (κ1) is 13.5. The van der Waals surface area contributed by atoms with E-state index in [0.717, 1.165) is 5.56 Å². The molecular formula is C13H19NO3. The number of aryl methyl sites for hydroxylation is 1. The van der Waals surface area contributed by atoms with Crippen molar-refractivity contribution >= 4 is 11.6 Å². The zero-order valence-corrected chi connectivity index (χ0v) is 10.5. The van der Waals surface area contributed by atoms with Gasteiger partial charge in [-0.3, -0.25) is 4.79 Å². The molecular weight excluding hydrogens is 218 g/mol. The van der Waals surface area contributed by atoms with Crippen LogP contribution in [0.25, 0.3) is 0 Å². The second kappa shape index (κ2) is 6.25. The molecule has 0 bridgehead atoms. The standard InChI is InChI=1S/C13H19NO3/c1-9-4-6-11(8-12(9)15)14-13(16)7-5-10(2)17-3/h4,6,8,10,15H,5,7H2,1-3H3,(H,14,16). The number of anilines is 1. The normalized spacial score (nSPS) is 12.2. The Balaban J connectivity index is 2.48. The summed E-state index contributed by atoms with van der Waals surface area (Å²) < 4.78 is 5.07. The molecule has 0 radical (unpaired) electrons. The van der Waals surface area contributed by atoms with Crippen LogP contribution >= 0.6 is 0 Å². The highest BCUT2D eigenvalue weighted by molar-refractivity contribution is 5.90. The molecule has 0 spiro atoms. The first-order valence-corrected chi connectivity index (χ1v) is 5.65. The lowest BCUT2D eigenvalue weighted by atomic mass is 10.2. The van der Waals surface area contributed by atoms with E-state index in [0.29, 0.717) is 18.5 Å². The van der Waals surface area contributed by atoms with Crippen LogP contribution in [0.4, 0.5) is 5.69 Å². The molecule has 94 valence electrons. The van der Waals surface area contributed by atoms with Gasteiger partial charge in [0, 0.05) is 25.3 Å². The van der Waals surface area contributed by atoms with Gasteiger partial charge in [-0.1, -0.05) is 6.07 Å². The Morgan fingerprint density at radius 2 is 2.24 bits per heavy atom. The van der Waals surface area contributed by atoms with Gasteiger partial charge in [-0.25, -0.2) is 0 Å². The quantitative estimate of drug-likeness (QED) is 0.827. The molecule has 0 aliphatic carbocycles. The van der Waals surface area contributed by atoms with Crippen LogP contribution < -0.4 is 5.32 Å². The maximum Gasteiger partial charge on any atom is 0.224 e. The lowest BCUT2D eigenvalue weighted by Gasteiger charge is -2.10. The first-order valence-electron chi connectivity index (χ1n) is 5.65. The highest BCUT2D eigenvalue weighted by Gasteiger charge is 2.07. The number of phenols is 1. The minimum atomic E-state index is -0.0721. The van der Waals surface area contributed by atoms with Gasteiger partial charge in [0.05, 0.1) is 6.10 Å². The molecule has 1 aromatic rings. The summed E-state index contributed by atoms with van der Waals surface area (Å²) in [5, 5.41) is 12.2. The molecule has 4 nitrogen and oxygen atoms in total. The smallest absolute Gasteiger partial charge is 0.224 e. The summed E-state index contributed by atoms with van der Waals surface area (Å²) in [4.78, 5) is 11.6. The summed E-state index contributed by atoms with van der Waals surface area (Å²) in [5.41, 5.74) is 1.40. The Labute approximate surface area is 102 Å². The number of carbonyl (C=O) groups excluding carboxylic acids is 1. The lowest BCUT2D eigenvalue weighted by molar-refractivity contribution is -0.116. The van der Waals surface area contributed by atoms with E-state index < -0.39 is 0 Å². The molecule has 0 aliphatic rings. The van der Waals surface area contributed by atoms with Gasteiger partial charge in [-0.05, 0) is 31.9 Å². The summed E-state index contributed by atoms with van der Waals surface area (Å²) in [6.07, 6.45) is 1.16. The Morgan fingerprint density at radius 1 is 1.53 bits per heavy atom. The van der Waals surface area contributed by atoms with Crippen molar-refractivity contribution in [2.24, 2.45) is 0 Å². The molecule has 1 rings (SSSR count). The van der Waals surface area contributed by atoms with Gasteiger partial charge in [0.15, 0.2) is 0 Å². The number of aromatic hydroxyl groups is 1. The highest BCUT2D eigenvalue weighted by Crippen LogP contribution is 2.20. The summed E-state index contributed by atoms with van der Waals surface area (Å²) >= 11 is 0. The van der Waals surface area contributed by atoms with Crippen LogP contribution in [0.1, 0.15) is 25.3 Å². The number of rotatable bonds is 5. The maximum absolute atomic E-state index is 11.6. The number of ether oxygens (including phenoxy) is 1. The fourth-order valence-corrected chi connectivity index (χ4v) is 1.36. The van der Waals surface area contributed by atoms with E-state index in [-0.39, 0.29) is 17.8 Å².